The molecule has 1 unspecified atom stereocenters. The van der Waals surface area contributed by atoms with Gasteiger partial charge in [0.05, 0.1) is 31.2 Å². The molecule has 0 saturated carbocycles. The molecule has 0 spiro atoms. The average molecular weight is 381 g/mol. The SMILES string of the molecule is CS(=O)(=O)N1Cc2nc(NCC(O)CO)cc(-c3ccc(F)cc3)c2C1. The Morgan fingerprint density at radius 1 is 1.31 bits per heavy atom. The van der Waals surface area contributed by atoms with Gasteiger partial charge in [0, 0.05) is 13.1 Å². The summed E-state index contributed by atoms with van der Waals surface area (Å²) in [5, 5.41) is 21.4. The summed E-state index contributed by atoms with van der Waals surface area (Å²) < 4.78 is 38.4. The molecule has 3 rings (SSSR count). The van der Waals surface area contributed by atoms with Gasteiger partial charge in [-0.05, 0) is 34.9 Å². The summed E-state index contributed by atoms with van der Waals surface area (Å²) in [5.74, 6) is 0.0903. The smallest absolute Gasteiger partial charge is 0.211 e. The lowest BCUT2D eigenvalue weighted by Crippen LogP contribution is -2.24. The van der Waals surface area contributed by atoms with Gasteiger partial charge in [0.2, 0.25) is 10.0 Å². The van der Waals surface area contributed by atoms with Gasteiger partial charge < -0.3 is 15.5 Å². The van der Waals surface area contributed by atoms with Gasteiger partial charge in [0.15, 0.2) is 0 Å². The van der Waals surface area contributed by atoms with Crippen LogP contribution < -0.4 is 5.32 Å². The van der Waals surface area contributed by atoms with Gasteiger partial charge in [0.1, 0.15) is 11.6 Å². The summed E-state index contributed by atoms with van der Waals surface area (Å²) in [6.45, 7) is 0.0689. The number of hydrogen-bond donors (Lipinski definition) is 3. The monoisotopic (exact) mass is 381 g/mol. The number of pyridine rings is 1. The number of benzene rings is 1. The topological polar surface area (TPSA) is 103 Å². The van der Waals surface area contributed by atoms with Crippen molar-refractivity contribution in [2.75, 3.05) is 24.7 Å². The molecule has 0 bridgehead atoms. The minimum absolute atomic E-state index is 0.0981. The molecule has 0 radical (unpaired) electrons. The van der Waals surface area contributed by atoms with Gasteiger partial charge in [0.25, 0.3) is 0 Å². The van der Waals surface area contributed by atoms with Gasteiger partial charge >= 0.3 is 0 Å². The highest BCUT2D eigenvalue weighted by Gasteiger charge is 2.30. The number of fused-ring (bicyclic) bond motifs is 1. The number of halogens is 1. The first-order valence-electron chi connectivity index (χ1n) is 8.04. The molecule has 0 fully saturated rings. The minimum atomic E-state index is -3.38. The van der Waals surface area contributed by atoms with Gasteiger partial charge in [-0.15, -0.1) is 0 Å². The maximum absolute atomic E-state index is 13.3. The Morgan fingerprint density at radius 3 is 2.62 bits per heavy atom. The number of aliphatic hydroxyl groups excluding tert-OH is 2. The van der Waals surface area contributed by atoms with E-state index in [4.69, 9.17) is 5.11 Å². The molecule has 7 nitrogen and oxygen atoms in total. The second-order valence-corrected chi connectivity index (χ2v) is 8.22. The van der Waals surface area contributed by atoms with Crippen LogP contribution in [0.2, 0.25) is 0 Å². The zero-order valence-electron chi connectivity index (χ0n) is 14.2. The van der Waals surface area contributed by atoms with Gasteiger partial charge in [-0.25, -0.2) is 17.8 Å². The van der Waals surface area contributed by atoms with E-state index in [1.807, 2.05) is 0 Å². The molecule has 2 aromatic rings. The van der Waals surface area contributed by atoms with Crippen molar-refractivity contribution in [2.24, 2.45) is 0 Å². The molecule has 1 aliphatic heterocycles. The molecule has 1 atom stereocenters. The number of aromatic nitrogens is 1. The third-order valence-corrected chi connectivity index (χ3v) is 5.42. The Balaban J connectivity index is 2.01. The van der Waals surface area contributed by atoms with E-state index in [0.29, 0.717) is 11.5 Å². The average Bonchev–Trinajstić information content (AvgIpc) is 3.04. The Labute approximate surface area is 151 Å². The van der Waals surface area contributed by atoms with Crippen molar-refractivity contribution >= 4 is 15.8 Å². The van der Waals surface area contributed by atoms with Crippen LogP contribution in [0.3, 0.4) is 0 Å². The lowest BCUT2D eigenvalue weighted by molar-refractivity contribution is 0.105. The molecule has 2 heterocycles. The zero-order chi connectivity index (χ0) is 18.9. The predicted molar refractivity (Wildman–Crippen MR) is 95.3 cm³/mol. The summed E-state index contributed by atoms with van der Waals surface area (Å²) >= 11 is 0. The number of nitrogens with one attached hydrogen (secondary N) is 1. The quantitative estimate of drug-likeness (QED) is 0.688. The van der Waals surface area contributed by atoms with E-state index >= 15 is 0 Å². The summed E-state index contributed by atoms with van der Waals surface area (Å²) in [5.41, 5.74) is 2.88. The fraction of sp³-hybridized carbons (Fsp3) is 0.353. The van der Waals surface area contributed by atoms with Gasteiger partial charge in [-0.2, -0.15) is 4.31 Å². The van der Waals surface area contributed by atoms with Crippen LogP contribution in [-0.4, -0.2) is 53.4 Å². The Kier molecular flexibility index (Phi) is 5.24. The summed E-state index contributed by atoms with van der Waals surface area (Å²) in [6, 6.07) is 7.67. The number of rotatable bonds is 6. The Morgan fingerprint density at radius 2 is 2.00 bits per heavy atom. The zero-order valence-corrected chi connectivity index (χ0v) is 15.0. The van der Waals surface area contributed by atoms with E-state index in [0.717, 1.165) is 22.9 Å². The maximum atomic E-state index is 13.3. The number of aliphatic hydroxyl groups is 2. The first kappa shape index (κ1) is 18.7. The maximum Gasteiger partial charge on any atom is 0.211 e. The molecule has 9 heteroatoms. The van der Waals surface area contributed by atoms with Gasteiger partial charge in [-0.3, -0.25) is 0 Å². The van der Waals surface area contributed by atoms with E-state index in [9.17, 15) is 17.9 Å². The van der Waals surface area contributed by atoms with Crippen LogP contribution in [0.4, 0.5) is 10.2 Å². The molecule has 3 N–H and O–H groups in total. The standard InChI is InChI=1S/C17H20FN3O4S/c1-26(24,25)21-8-15-14(11-2-4-12(18)5-3-11)6-17(20-16(15)9-21)19-7-13(23)10-22/h2-6,13,22-23H,7-10H2,1H3,(H,19,20). The van der Waals surface area contributed by atoms with Crippen molar-refractivity contribution in [3.8, 4) is 11.1 Å². The van der Waals surface area contributed by atoms with E-state index in [1.165, 1.54) is 16.4 Å². The van der Waals surface area contributed by atoms with Crippen molar-refractivity contribution in [1.29, 1.82) is 0 Å². The van der Waals surface area contributed by atoms with E-state index in [-0.39, 0.29) is 32.1 Å². The fourth-order valence-corrected chi connectivity index (χ4v) is 3.55. The number of hydrogen-bond acceptors (Lipinski definition) is 6. The molecule has 1 aromatic heterocycles. The fourth-order valence-electron chi connectivity index (χ4n) is 2.83. The molecule has 26 heavy (non-hydrogen) atoms. The van der Waals surface area contributed by atoms with Crippen LogP contribution in [0.15, 0.2) is 30.3 Å². The molecule has 0 saturated heterocycles. The highest BCUT2D eigenvalue weighted by molar-refractivity contribution is 7.88. The molecule has 0 amide bonds. The van der Waals surface area contributed by atoms with Crippen LogP contribution >= 0.6 is 0 Å². The van der Waals surface area contributed by atoms with E-state index < -0.39 is 16.1 Å². The minimum Gasteiger partial charge on any atom is -0.394 e. The van der Waals surface area contributed by atoms with E-state index in [1.54, 1.807) is 18.2 Å². The Hall–Kier alpha value is -2.07. The second-order valence-electron chi connectivity index (χ2n) is 6.24. The van der Waals surface area contributed by atoms with Crippen LogP contribution in [-0.2, 0) is 23.1 Å². The number of nitrogens with zero attached hydrogens (tertiary/aromatic N) is 2. The number of anilines is 1. The van der Waals surface area contributed by atoms with Crippen LogP contribution in [0, 0.1) is 5.82 Å². The van der Waals surface area contributed by atoms with Crippen molar-refractivity contribution in [2.45, 2.75) is 19.2 Å². The molecule has 1 aliphatic rings. The summed E-state index contributed by atoms with van der Waals surface area (Å²) in [7, 11) is -3.38. The van der Waals surface area contributed by atoms with Crippen molar-refractivity contribution in [3.05, 3.63) is 47.4 Å². The third kappa shape index (κ3) is 4.01. The molecule has 140 valence electrons. The summed E-state index contributed by atoms with van der Waals surface area (Å²) in [6.07, 6.45) is 0.208. The van der Waals surface area contributed by atoms with Crippen molar-refractivity contribution in [3.63, 3.8) is 0 Å². The molecule has 0 aliphatic carbocycles. The normalized spacial score (nSPS) is 15.7. The lowest BCUT2D eigenvalue weighted by Gasteiger charge is -2.14. The van der Waals surface area contributed by atoms with Crippen LogP contribution in [0.1, 0.15) is 11.3 Å². The highest BCUT2D eigenvalue weighted by atomic mass is 32.2. The third-order valence-electron chi connectivity index (χ3n) is 4.22. The first-order valence-corrected chi connectivity index (χ1v) is 9.89. The lowest BCUT2D eigenvalue weighted by atomic mass is 10.00. The van der Waals surface area contributed by atoms with E-state index in [2.05, 4.69) is 10.3 Å². The Bertz CT molecular complexity index is 903. The van der Waals surface area contributed by atoms with Crippen LogP contribution in [0.5, 0.6) is 0 Å². The predicted octanol–water partition coefficient (Wildman–Crippen LogP) is 0.928. The van der Waals surface area contributed by atoms with Crippen LogP contribution in [0.25, 0.3) is 11.1 Å². The van der Waals surface area contributed by atoms with Gasteiger partial charge in [-0.1, -0.05) is 12.1 Å². The first-order chi connectivity index (χ1) is 12.3. The highest BCUT2D eigenvalue weighted by Crippen LogP contribution is 2.34. The number of sulfonamides is 1. The molecular formula is C17H20FN3O4S. The second kappa shape index (κ2) is 7.28. The van der Waals surface area contributed by atoms with Crippen molar-refractivity contribution < 1.29 is 23.0 Å². The largest absolute Gasteiger partial charge is 0.394 e. The molecule has 1 aromatic carbocycles. The van der Waals surface area contributed by atoms with Crippen molar-refractivity contribution in [1.82, 2.24) is 9.29 Å². The molecular weight excluding hydrogens is 361 g/mol. The summed E-state index contributed by atoms with van der Waals surface area (Å²) in [4.78, 5) is 4.44.